The Hall–Kier alpha value is -7.40. The van der Waals surface area contributed by atoms with Gasteiger partial charge >= 0.3 is 18.9 Å². The molecule has 0 radical (unpaired) electrons. The number of likely N-dealkylation sites (tertiary alicyclic amines) is 3. The van der Waals surface area contributed by atoms with E-state index in [1.54, 1.807) is 106 Å². The summed E-state index contributed by atoms with van der Waals surface area (Å²) in [5.74, 6) is -9.49. The summed E-state index contributed by atoms with van der Waals surface area (Å²) in [6, 6.07) is 28.6. The van der Waals surface area contributed by atoms with Gasteiger partial charge in [-0.3, -0.25) is 24.2 Å². The molecule has 17 nitrogen and oxygen atoms in total. The topological polar surface area (TPSA) is 208 Å². The average molecular weight is 1580 g/mol. The fraction of sp³-hybridized carbons (Fsp3) is 0.364. The van der Waals surface area contributed by atoms with Gasteiger partial charge < -0.3 is 0 Å². The van der Waals surface area contributed by atoms with Crippen molar-refractivity contribution >= 4 is 64.1 Å². The molecule has 6 aromatic carbocycles. The Morgan fingerprint density at radius 1 is 0.394 bits per heavy atom. The van der Waals surface area contributed by atoms with Crippen LogP contribution >= 0.6 is 34.6 Å². The van der Waals surface area contributed by atoms with Crippen LogP contribution in [0.4, 0.5) is 65.9 Å². The standard InChI is InChI=1S/2C22H20F5N3O3S2.C22H20F5N3O2S2/c2*23-17-10-20(35(31,32)12-21-28-13-29-34-21)18(24)8-15(17)11-30-7-6-16(33-22(25,26)27)9-19(30)14-4-2-1-3-5-14;23-17-10-20(34(31,32)12-21-28-13-29-33-21)18(24)8-15(17)11-30-7-6-16(22(25,26)27)9-19(30)14-4-2-1-3-5-14/h2*1-5,8,10,13,16,19H,6-7,9,11-12H2;1-5,8,10,13,16,19H,6-7,9,11-12H2/t16-,19+;2*16-,19-/m000/s1. The molecule has 3 saturated heterocycles. The molecule has 3 aliphatic heterocycles. The fourth-order valence-corrected chi connectivity index (χ4v) is 19.0. The molecule has 3 aliphatic rings. The number of piperidine rings is 3. The summed E-state index contributed by atoms with van der Waals surface area (Å²) in [4.78, 5) is 14.1. The first-order valence-corrected chi connectivity index (χ1v) is 38.7. The maximum Gasteiger partial charge on any atom is 0.522 e. The Kier molecular flexibility index (Phi) is 25.6. The van der Waals surface area contributed by atoms with Crippen molar-refractivity contribution in [3.05, 3.63) is 230 Å². The molecule has 6 heterocycles. The van der Waals surface area contributed by atoms with Gasteiger partial charge in [0.15, 0.2) is 29.5 Å². The number of nitrogens with zero attached hydrogens (tertiary/aromatic N) is 9. The second kappa shape index (κ2) is 33.6. The molecule has 9 aromatic rings. The SMILES string of the molecule is O=S(=O)(Cc1ncns1)c1cc(F)c(CN2CC[C@H](C(F)(F)F)C[C@H]2c2ccccc2)cc1F.O=S(=O)(Cc1ncns1)c1cc(F)c(CN2CC[C@H](OC(F)(F)F)C[C@@H]2c2ccccc2)cc1F.O=S(=O)(Cc1ncns1)c1cc(F)c(CN2CC[C@H](OC(F)(F)F)C[C@H]2c2ccccc2)cc1F. The number of rotatable bonds is 20. The van der Waals surface area contributed by atoms with Gasteiger partial charge in [0.05, 0.1) is 18.1 Å². The lowest BCUT2D eigenvalue weighted by Gasteiger charge is -2.40. The van der Waals surface area contributed by atoms with E-state index in [4.69, 9.17) is 0 Å². The second-order valence-corrected chi connectivity index (χ2v) is 32.7. The Morgan fingerprint density at radius 3 is 0.952 bits per heavy atom. The summed E-state index contributed by atoms with van der Waals surface area (Å²) in [7, 11) is -12.6. The molecule has 38 heteroatoms. The van der Waals surface area contributed by atoms with Crippen molar-refractivity contribution in [3.8, 4) is 0 Å². The molecule has 0 aliphatic carbocycles. The van der Waals surface area contributed by atoms with Crippen LogP contribution in [0.25, 0.3) is 0 Å². The number of halogens is 15. The molecule has 0 bridgehead atoms. The lowest BCUT2D eigenvalue weighted by Crippen LogP contribution is -2.41. The molecule has 3 fully saturated rings. The lowest BCUT2D eigenvalue weighted by molar-refractivity contribution is -0.348. The predicted molar refractivity (Wildman–Crippen MR) is 349 cm³/mol. The number of hydrogen-bond donors (Lipinski definition) is 0. The average Bonchev–Trinajstić information content (AvgIpc) is 0.998. The smallest absolute Gasteiger partial charge is 0.292 e. The Morgan fingerprint density at radius 2 is 0.683 bits per heavy atom. The Bertz CT molecular complexity index is 4480. The van der Waals surface area contributed by atoms with Crippen LogP contribution in [0.15, 0.2) is 161 Å². The quantitative estimate of drug-likeness (QED) is 0.0650. The number of alkyl halides is 9. The van der Waals surface area contributed by atoms with E-state index < -0.39 is 152 Å². The zero-order valence-corrected chi connectivity index (χ0v) is 58.7. The molecular weight excluding hydrogens is 1520 g/mol. The number of benzene rings is 6. The zero-order valence-electron chi connectivity index (χ0n) is 53.8. The summed E-state index contributed by atoms with van der Waals surface area (Å²) >= 11 is 2.52. The van der Waals surface area contributed by atoms with Crippen molar-refractivity contribution in [2.45, 2.75) is 139 Å². The van der Waals surface area contributed by atoms with E-state index in [0.717, 1.165) is 52.8 Å². The van der Waals surface area contributed by atoms with E-state index in [9.17, 15) is 91.1 Å². The van der Waals surface area contributed by atoms with Gasteiger partial charge in [0.25, 0.3) is 0 Å². The lowest BCUT2D eigenvalue weighted by atomic mass is 9.86. The molecule has 0 amide bonds. The molecule has 0 spiro atoms. The first-order valence-electron chi connectivity index (χ1n) is 31.4. The molecule has 104 heavy (non-hydrogen) atoms. The van der Waals surface area contributed by atoms with E-state index in [1.165, 1.54) is 19.0 Å². The van der Waals surface area contributed by atoms with Crippen LogP contribution in [0.2, 0.25) is 0 Å². The van der Waals surface area contributed by atoms with Crippen molar-refractivity contribution in [2.24, 2.45) is 5.92 Å². The number of sulfone groups is 3. The fourth-order valence-electron chi connectivity index (χ4n) is 12.4. The first-order chi connectivity index (χ1) is 49.1. The minimum atomic E-state index is -4.78. The van der Waals surface area contributed by atoms with Gasteiger partial charge in [0.2, 0.25) is 0 Å². The Labute approximate surface area is 598 Å². The van der Waals surface area contributed by atoms with E-state index in [2.05, 4.69) is 37.5 Å². The van der Waals surface area contributed by atoms with Crippen LogP contribution in [0.1, 0.15) is 105 Å². The number of ether oxygens (including phenoxy) is 2. The van der Waals surface area contributed by atoms with Crippen LogP contribution in [0.3, 0.4) is 0 Å². The second-order valence-electron chi connectivity index (χ2n) is 24.3. The maximum atomic E-state index is 15.0. The molecule has 558 valence electrons. The highest BCUT2D eigenvalue weighted by molar-refractivity contribution is 7.91. The van der Waals surface area contributed by atoms with Crippen molar-refractivity contribution < 1.29 is 101 Å². The number of hydrogen-bond acceptors (Lipinski definition) is 20. The summed E-state index contributed by atoms with van der Waals surface area (Å²) in [6.07, 6.45) is -12.8. The summed E-state index contributed by atoms with van der Waals surface area (Å²) in [6.45, 7) is -0.113. The first kappa shape index (κ1) is 79.2. The van der Waals surface area contributed by atoms with Crippen LogP contribution < -0.4 is 0 Å². The highest BCUT2D eigenvalue weighted by atomic mass is 32.2. The third-order valence-electron chi connectivity index (χ3n) is 17.2. The van der Waals surface area contributed by atoms with Gasteiger partial charge in [-0.05, 0) is 133 Å². The monoisotopic (exact) mass is 1580 g/mol. The molecule has 0 saturated carbocycles. The van der Waals surface area contributed by atoms with Gasteiger partial charge in [0.1, 0.15) is 101 Å². The predicted octanol–water partition coefficient (Wildman–Crippen LogP) is 15.4. The summed E-state index contributed by atoms with van der Waals surface area (Å²) in [5, 5.41) is 0.425. The van der Waals surface area contributed by atoms with Gasteiger partial charge in [-0.1, -0.05) is 91.0 Å². The summed E-state index contributed by atoms with van der Waals surface area (Å²) in [5.41, 5.74) is 1.73. The van der Waals surface area contributed by atoms with Gasteiger partial charge in [0, 0.05) is 67.5 Å². The van der Waals surface area contributed by atoms with E-state index in [1.807, 2.05) is 0 Å². The van der Waals surface area contributed by atoms with Crippen LogP contribution in [0.5, 0.6) is 0 Å². The summed E-state index contributed by atoms with van der Waals surface area (Å²) < 4.78 is 301. The number of aromatic nitrogens is 6. The third kappa shape index (κ3) is 21.2. The van der Waals surface area contributed by atoms with Gasteiger partial charge in [-0.15, -0.1) is 26.3 Å². The third-order valence-corrected chi connectivity index (χ3v) is 24.7. The maximum absolute atomic E-state index is 15.0. The molecule has 3 aromatic heterocycles. The molecule has 0 N–H and O–H groups in total. The van der Waals surface area contributed by atoms with Gasteiger partial charge in [-0.2, -0.15) is 26.3 Å². The van der Waals surface area contributed by atoms with Crippen molar-refractivity contribution in [3.63, 3.8) is 0 Å². The molecular formula is C66H60F15N9O8S6. The molecule has 12 rings (SSSR count). The molecule has 6 atom stereocenters. The minimum Gasteiger partial charge on any atom is -0.292 e. The zero-order chi connectivity index (χ0) is 74.9. The van der Waals surface area contributed by atoms with E-state index >= 15 is 0 Å². The van der Waals surface area contributed by atoms with Crippen LogP contribution in [-0.4, -0.2) is 119 Å². The largest absolute Gasteiger partial charge is 0.522 e. The van der Waals surface area contributed by atoms with Crippen molar-refractivity contribution in [1.82, 2.24) is 42.8 Å². The highest BCUT2D eigenvalue weighted by Gasteiger charge is 2.46. The van der Waals surface area contributed by atoms with Gasteiger partial charge in [-0.25, -0.2) is 66.5 Å². The van der Waals surface area contributed by atoms with Crippen LogP contribution in [-0.2, 0) is 75.9 Å². The normalized spacial score (nSPS) is 19.8. The van der Waals surface area contributed by atoms with E-state index in [0.29, 0.717) is 34.9 Å². The minimum absolute atomic E-state index is 0.00192. The van der Waals surface area contributed by atoms with Crippen molar-refractivity contribution in [2.75, 3.05) is 19.6 Å². The highest BCUT2D eigenvalue weighted by Crippen LogP contribution is 2.44. The molecule has 0 unspecified atom stereocenters. The van der Waals surface area contributed by atoms with Crippen LogP contribution in [0, 0.1) is 40.8 Å². The Balaban J connectivity index is 0.000000167. The van der Waals surface area contributed by atoms with E-state index in [-0.39, 0.29) is 110 Å². The van der Waals surface area contributed by atoms with Crippen molar-refractivity contribution in [1.29, 1.82) is 0 Å².